The third-order valence-electron chi connectivity index (χ3n) is 3.38. The van der Waals surface area contributed by atoms with Gasteiger partial charge in [0.05, 0.1) is 0 Å². The molecule has 0 saturated carbocycles. The second-order valence-electron chi connectivity index (χ2n) is 5.25. The molecule has 4 nitrogen and oxygen atoms in total. The maximum absolute atomic E-state index is 10.4. The fourth-order valence-electron chi connectivity index (χ4n) is 2.22. The second-order valence-corrected chi connectivity index (χ2v) is 5.25. The Hall–Kier alpha value is -2.36. The van der Waals surface area contributed by atoms with E-state index in [1.807, 2.05) is 30.3 Å². The molecule has 0 radical (unpaired) electrons. The number of nitrogens with zero attached hydrogens (tertiary/aromatic N) is 1. The third-order valence-corrected chi connectivity index (χ3v) is 3.38. The van der Waals surface area contributed by atoms with Crippen molar-refractivity contribution >= 4 is 5.97 Å². The third kappa shape index (κ3) is 5.95. The number of carbonyl (C=O) groups is 1. The zero-order chi connectivity index (χ0) is 15.6. The average Bonchev–Trinajstić information content (AvgIpc) is 2.54. The van der Waals surface area contributed by atoms with Crippen molar-refractivity contribution < 1.29 is 14.6 Å². The van der Waals surface area contributed by atoms with Crippen LogP contribution >= 0.6 is 0 Å². The minimum absolute atomic E-state index is 0.258. The molecular formula is C18H21NO3. The van der Waals surface area contributed by atoms with E-state index in [1.54, 1.807) is 12.4 Å². The second kappa shape index (κ2) is 8.82. The van der Waals surface area contributed by atoms with Crippen LogP contribution in [-0.4, -0.2) is 16.1 Å². The van der Waals surface area contributed by atoms with Crippen LogP contribution in [0, 0.1) is 0 Å². The smallest absolute Gasteiger partial charge is 0.303 e. The molecule has 1 heterocycles. The van der Waals surface area contributed by atoms with Crippen molar-refractivity contribution in [2.24, 2.45) is 0 Å². The van der Waals surface area contributed by atoms with E-state index in [0.29, 0.717) is 6.61 Å². The van der Waals surface area contributed by atoms with E-state index >= 15 is 0 Å². The molecule has 2 aromatic rings. The Morgan fingerprint density at radius 2 is 1.95 bits per heavy atom. The van der Waals surface area contributed by atoms with Crippen LogP contribution in [0.5, 0.6) is 5.75 Å². The van der Waals surface area contributed by atoms with Crippen LogP contribution in [0.4, 0.5) is 0 Å². The van der Waals surface area contributed by atoms with E-state index < -0.39 is 5.97 Å². The van der Waals surface area contributed by atoms with Crippen molar-refractivity contribution in [2.75, 3.05) is 0 Å². The Kier molecular flexibility index (Phi) is 6.42. The van der Waals surface area contributed by atoms with Crippen LogP contribution < -0.4 is 4.74 Å². The number of carboxylic acids is 1. The van der Waals surface area contributed by atoms with Crippen LogP contribution in [0.25, 0.3) is 0 Å². The molecule has 0 bridgehead atoms. The van der Waals surface area contributed by atoms with Crippen molar-refractivity contribution in [1.82, 2.24) is 4.98 Å². The Bertz CT molecular complexity index is 584. The Morgan fingerprint density at radius 3 is 2.73 bits per heavy atom. The van der Waals surface area contributed by atoms with E-state index in [2.05, 4.69) is 11.1 Å². The van der Waals surface area contributed by atoms with Gasteiger partial charge in [0, 0.05) is 24.4 Å². The lowest BCUT2D eigenvalue weighted by Gasteiger charge is -2.08. The normalized spacial score (nSPS) is 10.4. The van der Waals surface area contributed by atoms with Crippen molar-refractivity contribution in [3.8, 4) is 5.75 Å². The zero-order valence-electron chi connectivity index (χ0n) is 12.6. The number of aryl methyl sites for hydroxylation is 1. The van der Waals surface area contributed by atoms with E-state index in [4.69, 9.17) is 9.84 Å². The predicted molar refractivity (Wildman–Crippen MR) is 84.8 cm³/mol. The van der Waals surface area contributed by atoms with Gasteiger partial charge in [0.2, 0.25) is 0 Å². The predicted octanol–water partition coefficient (Wildman–Crippen LogP) is 3.85. The van der Waals surface area contributed by atoms with E-state index in [1.165, 1.54) is 5.56 Å². The molecule has 22 heavy (non-hydrogen) atoms. The van der Waals surface area contributed by atoms with Gasteiger partial charge in [-0.25, -0.2) is 0 Å². The lowest BCUT2D eigenvalue weighted by atomic mass is 10.1. The van der Waals surface area contributed by atoms with Gasteiger partial charge in [0.25, 0.3) is 0 Å². The number of benzene rings is 1. The SMILES string of the molecule is O=C(O)CCCCCc1cccc(OCc2cccnc2)c1. The fraction of sp³-hybridized carbons (Fsp3) is 0.333. The van der Waals surface area contributed by atoms with E-state index in [0.717, 1.165) is 37.0 Å². The maximum atomic E-state index is 10.4. The van der Waals surface area contributed by atoms with Gasteiger partial charge in [-0.1, -0.05) is 24.6 Å². The molecule has 116 valence electrons. The number of rotatable bonds is 9. The molecule has 0 atom stereocenters. The highest BCUT2D eigenvalue weighted by Gasteiger charge is 2.00. The molecule has 1 aromatic carbocycles. The van der Waals surface area contributed by atoms with Gasteiger partial charge < -0.3 is 9.84 Å². The summed E-state index contributed by atoms with van der Waals surface area (Å²) in [6, 6.07) is 11.9. The average molecular weight is 299 g/mol. The number of aromatic nitrogens is 1. The van der Waals surface area contributed by atoms with Crippen molar-refractivity contribution in [3.05, 3.63) is 59.9 Å². The van der Waals surface area contributed by atoms with Crippen LogP contribution in [0.1, 0.15) is 36.8 Å². The summed E-state index contributed by atoms with van der Waals surface area (Å²) in [6.07, 6.45) is 7.43. The molecule has 0 unspecified atom stereocenters. The van der Waals surface area contributed by atoms with E-state index in [-0.39, 0.29) is 6.42 Å². The van der Waals surface area contributed by atoms with Gasteiger partial charge in [-0.05, 0) is 43.0 Å². The molecule has 0 aliphatic heterocycles. The van der Waals surface area contributed by atoms with Gasteiger partial charge in [-0.3, -0.25) is 9.78 Å². The van der Waals surface area contributed by atoms with Crippen molar-refractivity contribution in [3.63, 3.8) is 0 Å². The van der Waals surface area contributed by atoms with Crippen LogP contribution in [0.2, 0.25) is 0 Å². The largest absolute Gasteiger partial charge is 0.489 e. The standard InChI is InChI=1S/C18H21NO3/c20-18(21)10-3-1-2-6-15-7-4-9-17(12-15)22-14-16-8-5-11-19-13-16/h4-5,7-9,11-13H,1-3,6,10,14H2,(H,20,21). The number of aliphatic carboxylic acids is 1. The first-order chi connectivity index (χ1) is 10.7. The number of ether oxygens (including phenoxy) is 1. The Labute approximate surface area is 130 Å². The molecule has 1 aromatic heterocycles. The first kappa shape index (κ1) is 16.0. The van der Waals surface area contributed by atoms with Crippen LogP contribution in [-0.2, 0) is 17.8 Å². The molecular weight excluding hydrogens is 278 g/mol. The van der Waals surface area contributed by atoms with Crippen molar-refractivity contribution in [1.29, 1.82) is 0 Å². The number of unbranched alkanes of at least 4 members (excludes halogenated alkanes) is 2. The molecule has 0 saturated heterocycles. The topological polar surface area (TPSA) is 59.4 Å². The van der Waals surface area contributed by atoms with Gasteiger partial charge in [-0.15, -0.1) is 0 Å². The number of hydrogen-bond donors (Lipinski definition) is 1. The highest BCUT2D eigenvalue weighted by molar-refractivity contribution is 5.66. The van der Waals surface area contributed by atoms with Gasteiger partial charge in [0.15, 0.2) is 0 Å². The quantitative estimate of drug-likeness (QED) is 0.714. The lowest BCUT2D eigenvalue weighted by Crippen LogP contribution is -1.97. The zero-order valence-corrected chi connectivity index (χ0v) is 12.6. The first-order valence-corrected chi connectivity index (χ1v) is 7.56. The summed E-state index contributed by atoms with van der Waals surface area (Å²) in [5.74, 6) is 0.137. The van der Waals surface area contributed by atoms with Gasteiger partial charge in [-0.2, -0.15) is 0 Å². The van der Waals surface area contributed by atoms with Gasteiger partial charge in [0.1, 0.15) is 12.4 Å². The van der Waals surface area contributed by atoms with Crippen LogP contribution in [0.3, 0.4) is 0 Å². The molecule has 1 N–H and O–H groups in total. The summed E-state index contributed by atoms with van der Waals surface area (Å²) < 4.78 is 5.77. The number of carboxylic acid groups (broad SMARTS) is 1. The summed E-state index contributed by atoms with van der Waals surface area (Å²) in [6.45, 7) is 0.510. The number of hydrogen-bond acceptors (Lipinski definition) is 3. The fourth-order valence-corrected chi connectivity index (χ4v) is 2.22. The highest BCUT2D eigenvalue weighted by Crippen LogP contribution is 2.17. The van der Waals surface area contributed by atoms with Crippen LogP contribution in [0.15, 0.2) is 48.8 Å². The maximum Gasteiger partial charge on any atom is 0.303 e. The Balaban J connectivity index is 1.76. The Morgan fingerprint density at radius 1 is 1.09 bits per heavy atom. The molecule has 0 spiro atoms. The summed E-state index contributed by atoms with van der Waals surface area (Å²) >= 11 is 0. The first-order valence-electron chi connectivity index (χ1n) is 7.56. The minimum atomic E-state index is -0.717. The molecule has 0 aliphatic carbocycles. The number of pyridine rings is 1. The molecule has 0 fully saturated rings. The molecule has 4 heteroatoms. The molecule has 0 amide bonds. The highest BCUT2D eigenvalue weighted by atomic mass is 16.5. The minimum Gasteiger partial charge on any atom is -0.489 e. The van der Waals surface area contributed by atoms with Crippen molar-refractivity contribution in [2.45, 2.75) is 38.7 Å². The molecule has 2 rings (SSSR count). The summed E-state index contributed by atoms with van der Waals surface area (Å²) in [5, 5.41) is 8.60. The van der Waals surface area contributed by atoms with E-state index in [9.17, 15) is 4.79 Å². The summed E-state index contributed by atoms with van der Waals surface area (Å²) in [7, 11) is 0. The monoisotopic (exact) mass is 299 g/mol. The summed E-state index contributed by atoms with van der Waals surface area (Å²) in [4.78, 5) is 14.5. The molecule has 0 aliphatic rings. The lowest BCUT2D eigenvalue weighted by molar-refractivity contribution is -0.137. The van der Waals surface area contributed by atoms with Gasteiger partial charge >= 0.3 is 5.97 Å². The summed E-state index contributed by atoms with van der Waals surface area (Å²) in [5.41, 5.74) is 2.26.